The van der Waals surface area contributed by atoms with Gasteiger partial charge in [-0.05, 0) is 12.1 Å². The van der Waals surface area contributed by atoms with Gasteiger partial charge in [-0.25, -0.2) is 13.2 Å². The van der Waals surface area contributed by atoms with Crippen molar-refractivity contribution in [2.45, 2.75) is 31.1 Å². The smallest absolute Gasteiger partial charge is 0.323 e. The molecule has 2 amide bonds. The number of hydrogen-bond donors (Lipinski definition) is 1. The quantitative estimate of drug-likeness (QED) is 0.866. The van der Waals surface area contributed by atoms with Crippen molar-refractivity contribution in [2.24, 2.45) is 0 Å². The van der Waals surface area contributed by atoms with Crippen molar-refractivity contribution in [3.63, 3.8) is 0 Å². The molecule has 1 saturated heterocycles. The molecule has 27 heavy (non-hydrogen) atoms. The van der Waals surface area contributed by atoms with Crippen molar-refractivity contribution in [1.82, 2.24) is 14.4 Å². The number of anilines is 1. The molecule has 3 rings (SSSR count). The molecule has 1 aliphatic rings. The van der Waals surface area contributed by atoms with Crippen LogP contribution in [0.3, 0.4) is 0 Å². The van der Waals surface area contributed by atoms with Crippen molar-refractivity contribution >= 4 is 21.9 Å². The Morgan fingerprint density at radius 3 is 2.30 bits per heavy atom. The van der Waals surface area contributed by atoms with E-state index in [1.807, 2.05) is 20.8 Å². The first-order valence-electron chi connectivity index (χ1n) is 8.76. The molecule has 2 heterocycles. The van der Waals surface area contributed by atoms with Crippen LogP contribution in [0, 0.1) is 0 Å². The predicted octanol–water partition coefficient (Wildman–Crippen LogP) is 2.51. The first-order chi connectivity index (χ1) is 12.7. The number of amides is 2. The average Bonchev–Trinajstić information content (AvgIpc) is 3.11. The summed E-state index contributed by atoms with van der Waals surface area (Å²) in [4.78, 5) is 14.3. The minimum atomic E-state index is -3.54. The zero-order valence-corrected chi connectivity index (χ0v) is 16.5. The molecule has 1 N–H and O–H groups in total. The topological polar surface area (TPSA) is 95.8 Å². The van der Waals surface area contributed by atoms with E-state index in [1.165, 1.54) is 4.31 Å². The number of sulfonamides is 1. The highest BCUT2D eigenvalue weighted by atomic mass is 32.2. The summed E-state index contributed by atoms with van der Waals surface area (Å²) in [5, 5.41) is 6.57. The Bertz CT molecular complexity index is 895. The minimum absolute atomic E-state index is 0.201. The van der Waals surface area contributed by atoms with Gasteiger partial charge in [0.05, 0.1) is 4.90 Å². The van der Waals surface area contributed by atoms with Crippen LogP contribution in [0.5, 0.6) is 0 Å². The first kappa shape index (κ1) is 19.4. The van der Waals surface area contributed by atoms with Crippen molar-refractivity contribution in [3.05, 3.63) is 42.2 Å². The number of aromatic nitrogens is 1. The molecular formula is C18H24N4O4S. The Balaban J connectivity index is 1.59. The van der Waals surface area contributed by atoms with Crippen LogP contribution in [-0.4, -0.2) is 55.0 Å². The number of nitrogens with zero attached hydrogens (tertiary/aromatic N) is 3. The second-order valence-corrected chi connectivity index (χ2v) is 9.40. The molecule has 1 aliphatic heterocycles. The fourth-order valence-corrected chi connectivity index (χ4v) is 4.19. The number of carbonyl (C=O) groups is 1. The molecule has 9 heteroatoms. The van der Waals surface area contributed by atoms with Crippen LogP contribution < -0.4 is 5.32 Å². The van der Waals surface area contributed by atoms with Crippen molar-refractivity contribution in [1.29, 1.82) is 0 Å². The van der Waals surface area contributed by atoms with E-state index in [2.05, 4.69) is 10.5 Å². The lowest BCUT2D eigenvalue weighted by atomic mass is 9.93. The number of carbonyl (C=O) groups excluding carboxylic acids is 1. The Morgan fingerprint density at radius 1 is 1.11 bits per heavy atom. The fraction of sp³-hybridized carbons (Fsp3) is 0.444. The maximum atomic E-state index is 12.6. The Morgan fingerprint density at radius 2 is 1.74 bits per heavy atom. The standard InChI is InChI=1S/C18H24N4O4S/c1-18(2,3)15-13-16(20-26-15)19-17(23)21-9-11-22(12-10-21)27(24,25)14-7-5-4-6-8-14/h4-8,13H,9-12H2,1-3H3,(H,19,20,23). The molecule has 1 fully saturated rings. The van der Waals surface area contributed by atoms with Gasteiger partial charge < -0.3 is 9.42 Å². The third-order valence-corrected chi connectivity index (χ3v) is 6.30. The summed E-state index contributed by atoms with van der Waals surface area (Å²) in [5.74, 6) is 1.03. The second-order valence-electron chi connectivity index (χ2n) is 7.46. The molecule has 1 aromatic carbocycles. The van der Waals surface area contributed by atoms with Crippen LogP contribution in [0.25, 0.3) is 0 Å². The highest BCUT2D eigenvalue weighted by Gasteiger charge is 2.30. The van der Waals surface area contributed by atoms with Gasteiger partial charge in [0, 0.05) is 37.7 Å². The highest BCUT2D eigenvalue weighted by molar-refractivity contribution is 7.89. The maximum absolute atomic E-state index is 12.6. The van der Waals surface area contributed by atoms with E-state index in [4.69, 9.17) is 4.52 Å². The fourth-order valence-electron chi connectivity index (χ4n) is 2.75. The molecule has 8 nitrogen and oxygen atoms in total. The highest BCUT2D eigenvalue weighted by Crippen LogP contribution is 2.24. The Labute approximate surface area is 159 Å². The molecule has 0 spiro atoms. The molecule has 0 aliphatic carbocycles. The van der Waals surface area contributed by atoms with Gasteiger partial charge in [-0.2, -0.15) is 4.31 Å². The zero-order valence-electron chi connectivity index (χ0n) is 15.7. The second kappa shape index (κ2) is 7.32. The number of piperazine rings is 1. The van der Waals surface area contributed by atoms with Gasteiger partial charge in [-0.1, -0.05) is 44.1 Å². The van der Waals surface area contributed by atoms with Gasteiger partial charge in [0.1, 0.15) is 5.76 Å². The van der Waals surface area contributed by atoms with E-state index in [0.29, 0.717) is 24.7 Å². The predicted molar refractivity (Wildman–Crippen MR) is 101 cm³/mol. The van der Waals surface area contributed by atoms with E-state index < -0.39 is 10.0 Å². The minimum Gasteiger partial charge on any atom is -0.359 e. The lowest BCUT2D eigenvalue weighted by Crippen LogP contribution is -2.51. The summed E-state index contributed by atoms with van der Waals surface area (Å²) in [5.41, 5.74) is -0.201. The Kier molecular flexibility index (Phi) is 5.25. The monoisotopic (exact) mass is 392 g/mol. The number of rotatable bonds is 3. The average molecular weight is 392 g/mol. The summed E-state index contributed by atoms with van der Waals surface area (Å²) < 4.78 is 31.9. The van der Waals surface area contributed by atoms with Crippen LogP contribution in [0.15, 0.2) is 45.8 Å². The van der Waals surface area contributed by atoms with Gasteiger partial charge in [0.15, 0.2) is 5.82 Å². The number of urea groups is 1. The van der Waals surface area contributed by atoms with Gasteiger partial charge in [-0.15, -0.1) is 0 Å². The zero-order chi connectivity index (χ0) is 19.7. The molecule has 146 valence electrons. The van der Waals surface area contributed by atoms with Crippen LogP contribution in [0.4, 0.5) is 10.6 Å². The van der Waals surface area contributed by atoms with E-state index in [1.54, 1.807) is 41.3 Å². The van der Waals surface area contributed by atoms with Gasteiger partial charge >= 0.3 is 6.03 Å². The van der Waals surface area contributed by atoms with Crippen LogP contribution in [0.1, 0.15) is 26.5 Å². The summed E-state index contributed by atoms with van der Waals surface area (Å²) in [7, 11) is -3.54. The largest absolute Gasteiger partial charge is 0.359 e. The first-order valence-corrected chi connectivity index (χ1v) is 10.2. The molecule has 0 bridgehead atoms. The van der Waals surface area contributed by atoms with Crippen molar-refractivity contribution < 1.29 is 17.7 Å². The molecule has 0 saturated carbocycles. The molecule has 0 unspecified atom stereocenters. The van der Waals surface area contributed by atoms with Crippen molar-refractivity contribution in [2.75, 3.05) is 31.5 Å². The van der Waals surface area contributed by atoms with Gasteiger partial charge in [-0.3, -0.25) is 5.32 Å². The van der Waals surface area contributed by atoms with E-state index in [-0.39, 0.29) is 29.4 Å². The molecule has 2 aromatic rings. The summed E-state index contributed by atoms with van der Waals surface area (Å²) in [6, 6.07) is 9.70. The molecular weight excluding hydrogens is 368 g/mol. The SMILES string of the molecule is CC(C)(C)c1cc(NC(=O)N2CCN(S(=O)(=O)c3ccccc3)CC2)no1. The van der Waals surface area contributed by atoms with Crippen molar-refractivity contribution in [3.8, 4) is 0 Å². The summed E-state index contributed by atoms with van der Waals surface area (Å²) in [6.07, 6.45) is 0. The molecule has 1 aromatic heterocycles. The number of benzene rings is 1. The van der Waals surface area contributed by atoms with E-state index in [0.717, 1.165) is 0 Å². The maximum Gasteiger partial charge on any atom is 0.323 e. The number of hydrogen-bond acceptors (Lipinski definition) is 5. The van der Waals surface area contributed by atoms with E-state index in [9.17, 15) is 13.2 Å². The number of nitrogens with one attached hydrogen (secondary N) is 1. The van der Waals surface area contributed by atoms with Gasteiger partial charge in [0.2, 0.25) is 10.0 Å². The van der Waals surface area contributed by atoms with Crippen LogP contribution in [-0.2, 0) is 15.4 Å². The van der Waals surface area contributed by atoms with Crippen LogP contribution in [0.2, 0.25) is 0 Å². The third kappa shape index (κ3) is 4.30. The summed E-state index contributed by atoms with van der Waals surface area (Å²) in [6.45, 7) is 7.08. The normalized spacial score (nSPS) is 16.3. The third-order valence-electron chi connectivity index (χ3n) is 4.39. The van der Waals surface area contributed by atoms with Gasteiger partial charge in [0.25, 0.3) is 0 Å². The van der Waals surface area contributed by atoms with E-state index >= 15 is 0 Å². The lowest BCUT2D eigenvalue weighted by Gasteiger charge is -2.33. The molecule has 0 atom stereocenters. The molecule has 0 radical (unpaired) electrons. The summed E-state index contributed by atoms with van der Waals surface area (Å²) >= 11 is 0. The lowest BCUT2D eigenvalue weighted by molar-refractivity contribution is 0.184. The van der Waals surface area contributed by atoms with Crippen LogP contribution >= 0.6 is 0 Å². The Hall–Kier alpha value is -2.39.